The van der Waals surface area contributed by atoms with Crippen molar-refractivity contribution in [2.45, 2.75) is 176 Å². The molecule has 0 saturated heterocycles. The summed E-state index contributed by atoms with van der Waals surface area (Å²) >= 11 is 7.71. The van der Waals surface area contributed by atoms with E-state index in [4.69, 9.17) is 0 Å². The highest BCUT2D eigenvalue weighted by atomic mass is 32.1. The monoisotopic (exact) mass is 956 g/mol. The van der Waals surface area contributed by atoms with Crippen LogP contribution in [-0.4, -0.2) is 15.6 Å². The van der Waals surface area contributed by atoms with Crippen LogP contribution >= 0.6 is 45.3 Å². The van der Waals surface area contributed by atoms with E-state index in [1.165, 1.54) is 180 Å². The number of carboxylic acids is 1. The molecular formula is C58H72N2O2S4. The molecule has 5 heterocycles. The maximum atomic E-state index is 12.0. The predicted molar refractivity (Wildman–Crippen MR) is 290 cm³/mol. The Morgan fingerprint density at radius 1 is 0.545 bits per heavy atom. The topological polar surface area (TPSA) is 66.0 Å². The molecule has 0 amide bonds. The second kappa shape index (κ2) is 24.9. The normalized spacial score (nSPS) is 12.2. The maximum Gasteiger partial charge on any atom is 0.321 e. The Labute approximate surface area is 411 Å². The van der Waals surface area contributed by atoms with Crippen molar-refractivity contribution >= 4 is 73.1 Å². The van der Waals surface area contributed by atoms with Gasteiger partial charge in [0.15, 0.2) is 0 Å². The average Bonchev–Trinajstić information content (AvgIpc) is 4.17. The number of fused-ring (bicyclic) bond motifs is 3. The first-order valence-electron chi connectivity index (χ1n) is 25.5. The van der Waals surface area contributed by atoms with E-state index < -0.39 is 11.9 Å². The van der Waals surface area contributed by atoms with Gasteiger partial charge in [-0.15, -0.1) is 45.3 Å². The van der Waals surface area contributed by atoms with E-state index in [2.05, 4.69) is 106 Å². The van der Waals surface area contributed by atoms with Crippen LogP contribution in [0.3, 0.4) is 0 Å². The molecule has 4 nitrogen and oxygen atoms in total. The van der Waals surface area contributed by atoms with Gasteiger partial charge in [-0.3, -0.25) is 4.79 Å². The highest BCUT2D eigenvalue weighted by molar-refractivity contribution is 7.29. The van der Waals surface area contributed by atoms with E-state index in [0.29, 0.717) is 0 Å². The Morgan fingerprint density at radius 2 is 1.00 bits per heavy atom. The molecule has 0 aliphatic rings. The van der Waals surface area contributed by atoms with Crippen LogP contribution in [0.15, 0.2) is 66.7 Å². The predicted octanol–water partition coefficient (Wildman–Crippen LogP) is 19.0. The van der Waals surface area contributed by atoms with Crippen molar-refractivity contribution < 1.29 is 9.90 Å². The minimum Gasteiger partial charge on any atom is -0.480 e. The van der Waals surface area contributed by atoms with E-state index in [0.717, 1.165) is 43.5 Å². The first-order valence-corrected chi connectivity index (χ1v) is 28.7. The van der Waals surface area contributed by atoms with Gasteiger partial charge in [-0.1, -0.05) is 129 Å². The van der Waals surface area contributed by atoms with Gasteiger partial charge < -0.3 is 9.67 Å². The van der Waals surface area contributed by atoms with Crippen molar-refractivity contribution in [3.8, 4) is 45.8 Å². The lowest BCUT2D eigenvalue weighted by molar-refractivity contribution is -0.139. The minimum absolute atomic E-state index is 0.259. The fourth-order valence-corrected chi connectivity index (χ4v) is 15.0. The average molecular weight is 957 g/mol. The first kappa shape index (κ1) is 49.9. The number of unbranched alkanes of at least 4 members (excludes halogenated alkanes) is 12. The number of carbonyl (C=O) groups is 1. The number of para-hydroxylation sites is 1. The van der Waals surface area contributed by atoms with Gasteiger partial charge in [-0.05, 0) is 129 Å². The molecule has 8 heteroatoms. The molecule has 0 spiro atoms. The number of aryl methyl sites for hydroxylation is 5. The van der Waals surface area contributed by atoms with Gasteiger partial charge in [-0.25, -0.2) is 0 Å². The fourth-order valence-electron chi connectivity index (χ4n) is 9.72. The number of aromatic nitrogens is 1. The van der Waals surface area contributed by atoms with Crippen molar-refractivity contribution in [1.29, 1.82) is 5.26 Å². The molecule has 1 unspecified atom stereocenters. The first-order chi connectivity index (χ1) is 32.3. The zero-order chi connectivity index (χ0) is 46.4. The molecule has 1 N–H and O–H groups in total. The van der Waals surface area contributed by atoms with Crippen molar-refractivity contribution in [3.05, 3.63) is 93.9 Å². The van der Waals surface area contributed by atoms with Crippen molar-refractivity contribution in [3.63, 3.8) is 0 Å². The molecule has 7 rings (SSSR count). The standard InChI is InChI=1S/C58H72N2O2S4/c1-6-11-15-19-25-40-33-46(34-45(39-59)58(61)62)63-55(40)51-37-42(27-21-17-13-8-3)57(65-51)53-38-43(28-22-18-14-9-4)56(66-53)52-36-41(26-20-16-12-7-2)54(64-52)44-31-32-50-48(35-44)47-29-23-24-30-49(47)60(50)10-5/h23-24,29-33,35-38,45H,6-22,25-28,34H2,1-5H3,(H,61,62). The molecule has 66 heavy (non-hydrogen) atoms. The summed E-state index contributed by atoms with van der Waals surface area (Å²) in [5.74, 6) is -2.07. The molecule has 7 aromatic rings. The summed E-state index contributed by atoms with van der Waals surface area (Å²) in [5.41, 5.74) is 9.73. The molecule has 0 fully saturated rings. The van der Waals surface area contributed by atoms with Crippen molar-refractivity contribution in [2.75, 3.05) is 0 Å². The summed E-state index contributed by atoms with van der Waals surface area (Å²) in [7, 11) is 0. The van der Waals surface area contributed by atoms with Crippen LogP contribution in [0.4, 0.5) is 0 Å². The highest BCUT2D eigenvalue weighted by Crippen LogP contribution is 2.50. The maximum absolute atomic E-state index is 12.0. The molecule has 0 saturated carbocycles. The third-order valence-corrected chi connectivity index (χ3v) is 18.7. The van der Waals surface area contributed by atoms with Gasteiger partial charge in [-0.2, -0.15) is 5.26 Å². The van der Waals surface area contributed by atoms with Crippen LogP contribution in [0, 0.1) is 17.2 Å². The van der Waals surface area contributed by atoms with E-state index in [-0.39, 0.29) is 6.42 Å². The van der Waals surface area contributed by atoms with Crippen molar-refractivity contribution in [1.82, 2.24) is 4.57 Å². The molecule has 0 aliphatic carbocycles. The number of thiophene rings is 4. The summed E-state index contributed by atoms with van der Waals surface area (Å²) in [6.07, 6.45) is 24.1. The molecule has 0 aliphatic heterocycles. The van der Waals surface area contributed by atoms with E-state index in [9.17, 15) is 15.2 Å². The molecule has 1 atom stereocenters. The van der Waals surface area contributed by atoms with Gasteiger partial charge in [0.2, 0.25) is 0 Å². The summed E-state index contributed by atoms with van der Waals surface area (Å²) < 4.78 is 2.46. The van der Waals surface area contributed by atoms with Crippen LogP contribution in [0.1, 0.15) is 164 Å². The molecule has 350 valence electrons. The lowest BCUT2D eigenvalue weighted by atomic mass is 10.0. The minimum atomic E-state index is -1.04. The third-order valence-electron chi connectivity index (χ3n) is 13.4. The van der Waals surface area contributed by atoms with Gasteiger partial charge in [0.05, 0.1) is 6.07 Å². The summed E-state index contributed by atoms with van der Waals surface area (Å²) in [5, 5.41) is 22.2. The van der Waals surface area contributed by atoms with E-state index >= 15 is 0 Å². The van der Waals surface area contributed by atoms with E-state index in [1.54, 1.807) is 11.3 Å². The van der Waals surface area contributed by atoms with E-state index in [1.807, 2.05) is 40.1 Å². The quantitative estimate of drug-likeness (QED) is 0.0498. The fraction of sp³-hybridized carbons (Fsp3) is 0.483. The van der Waals surface area contributed by atoms with Crippen molar-refractivity contribution in [2.24, 2.45) is 5.92 Å². The second-order valence-electron chi connectivity index (χ2n) is 18.4. The largest absolute Gasteiger partial charge is 0.480 e. The molecule has 0 bridgehead atoms. The Hall–Kier alpha value is -4.00. The number of aliphatic carboxylic acids is 1. The number of rotatable bonds is 28. The molecule has 0 radical (unpaired) electrons. The number of carboxylic acid groups (broad SMARTS) is 1. The van der Waals surface area contributed by atoms with Crippen LogP contribution in [0.5, 0.6) is 0 Å². The Morgan fingerprint density at radius 3 is 1.48 bits per heavy atom. The number of nitriles is 1. The van der Waals surface area contributed by atoms with Gasteiger partial charge in [0.25, 0.3) is 0 Å². The zero-order valence-electron chi connectivity index (χ0n) is 40.4. The third kappa shape index (κ3) is 12.0. The molecule has 2 aromatic carbocycles. The van der Waals surface area contributed by atoms with Gasteiger partial charge in [0.1, 0.15) is 5.92 Å². The van der Waals surface area contributed by atoms with Crippen LogP contribution in [0.25, 0.3) is 61.5 Å². The second-order valence-corrected chi connectivity index (χ2v) is 22.7. The molecule has 5 aromatic heterocycles. The Kier molecular flexibility index (Phi) is 18.8. The van der Waals surface area contributed by atoms with Gasteiger partial charge >= 0.3 is 5.97 Å². The number of benzene rings is 2. The van der Waals surface area contributed by atoms with Crippen LogP contribution in [0.2, 0.25) is 0 Å². The Bertz CT molecular complexity index is 2700. The number of hydrogen-bond donors (Lipinski definition) is 1. The number of nitrogens with zero attached hydrogens (tertiary/aromatic N) is 2. The van der Waals surface area contributed by atoms with Gasteiger partial charge in [0, 0.05) is 73.8 Å². The highest BCUT2D eigenvalue weighted by Gasteiger charge is 2.25. The summed E-state index contributed by atoms with van der Waals surface area (Å²) in [6.45, 7) is 12.4. The van der Waals surface area contributed by atoms with Crippen LogP contribution in [-0.2, 0) is 43.4 Å². The zero-order valence-corrected chi connectivity index (χ0v) is 43.6. The smallest absolute Gasteiger partial charge is 0.321 e. The molecular weight excluding hydrogens is 885 g/mol. The number of hydrogen-bond acceptors (Lipinski definition) is 6. The lowest BCUT2D eigenvalue weighted by Gasteiger charge is -2.06. The SMILES string of the molecule is CCCCCCc1cc(-c2sc(-c3sc(-c4sc(CC(C#N)C(=O)O)cc4CCCCCC)cc3CCCCCC)cc2CCCCCC)sc1-c1ccc2c(c1)c1ccccc1n2CC. The summed E-state index contributed by atoms with van der Waals surface area (Å²) in [4.78, 5) is 22.7. The summed E-state index contributed by atoms with van der Waals surface area (Å²) in [6, 6.07) is 28.0. The lowest BCUT2D eigenvalue weighted by Crippen LogP contribution is -2.13. The Balaban J connectivity index is 1.33. The van der Waals surface area contributed by atoms with Crippen LogP contribution < -0.4 is 0 Å².